The van der Waals surface area contributed by atoms with Crippen LogP contribution in [0.5, 0.6) is 0 Å². The molecule has 0 amide bonds. The van der Waals surface area contributed by atoms with Gasteiger partial charge in [-0.1, -0.05) is 29.3 Å². The number of rotatable bonds is 5. The molecule has 1 heterocycles. The lowest BCUT2D eigenvalue weighted by atomic mass is 10.1. The smallest absolute Gasteiger partial charge is 0.0701 e. The van der Waals surface area contributed by atoms with Gasteiger partial charge >= 0.3 is 0 Å². The molecule has 19 heavy (non-hydrogen) atoms. The molecule has 3 nitrogen and oxygen atoms in total. The standard InChI is InChI=1S/C14H19Cl2NO2/c15-13-2-1-11(9-14(13)16)10-17-5-3-12(4-6-17)19-8-7-18/h1-2,9,12,18H,3-8,10H2. The summed E-state index contributed by atoms with van der Waals surface area (Å²) in [4.78, 5) is 2.39. The minimum absolute atomic E-state index is 0.101. The molecule has 106 valence electrons. The molecule has 5 heteroatoms. The molecule has 1 aromatic rings. The number of halogens is 2. The molecule has 1 aromatic carbocycles. The molecule has 0 saturated carbocycles. The Balaban J connectivity index is 1.80. The molecule has 2 rings (SSSR count). The molecule has 0 unspecified atom stereocenters. The summed E-state index contributed by atoms with van der Waals surface area (Å²) < 4.78 is 5.55. The number of aliphatic hydroxyl groups excluding tert-OH is 1. The van der Waals surface area contributed by atoms with Gasteiger partial charge < -0.3 is 9.84 Å². The number of piperidine rings is 1. The third kappa shape index (κ3) is 4.62. The lowest BCUT2D eigenvalue weighted by molar-refractivity contribution is -0.00901. The monoisotopic (exact) mass is 303 g/mol. The van der Waals surface area contributed by atoms with Gasteiger partial charge in [0.15, 0.2) is 0 Å². The predicted octanol–water partition coefficient (Wildman–Crippen LogP) is 2.97. The molecule has 1 N–H and O–H groups in total. The molecule has 0 bridgehead atoms. The van der Waals surface area contributed by atoms with Crippen LogP contribution in [0.4, 0.5) is 0 Å². The van der Waals surface area contributed by atoms with Crippen LogP contribution in [0.15, 0.2) is 18.2 Å². The zero-order valence-corrected chi connectivity index (χ0v) is 12.3. The Morgan fingerprint density at radius 3 is 2.58 bits per heavy atom. The SMILES string of the molecule is OCCOC1CCN(Cc2ccc(Cl)c(Cl)c2)CC1. The Morgan fingerprint density at radius 1 is 1.21 bits per heavy atom. The van der Waals surface area contributed by atoms with Crippen LogP contribution in [0.25, 0.3) is 0 Å². The largest absolute Gasteiger partial charge is 0.394 e. The topological polar surface area (TPSA) is 32.7 Å². The van der Waals surface area contributed by atoms with Gasteiger partial charge in [0.05, 0.1) is 29.4 Å². The van der Waals surface area contributed by atoms with Gasteiger partial charge in [0.25, 0.3) is 0 Å². The third-order valence-corrected chi connectivity index (χ3v) is 4.11. The fourth-order valence-electron chi connectivity index (χ4n) is 2.35. The van der Waals surface area contributed by atoms with Crippen molar-refractivity contribution in [1.29, 1.82) is 0 Å². The minimum Gasteiger partial charge on any atom is -0.394 e. The molecule has 1 aliphatic rings. The van der Waals surface area contributed by atoms with Crippen LogP contribution in [-0.4, -0.2) is 42.4 Å². The van der Waals surface area contributed by atoms with E-state index in [2.05, 4.69) is 4.90 Å². The average molecular weight is 304 g/mol. The first-order chi connectivity index (χ1) is 9.19. The lowest BCUT2D eigenvalue weighted by Gasteiger charge is -2.31. The van der Waals surface area contributed by atoms with Gasteiger partial charge in [-0.15, -0.1) is 0 Å². The van der Waals surface area contributed by atoms with Crippen molar-refractivity contribution in [2.24, 2.45) is 0 Å². The lowest BCUT2D eigenvalue weighted by Crippen LogP contribution is -2.36. The van der Waals surface area contributed by atoms with Crippen molar-refractivity contribution in [2.75, 3.05) is 26.3 Å². The fraction of sp³-hybridized carbons (Fsp3) is 0.571. The first kappa shape index (κ1) is 15.1. The molecule has 0 spiro atoms. The summed E-state index contributed by atoms with van der Waals surface area (Å²) in [7, 11) is 0. The summed E-state index contributed by atoms with van der Waals surface area (Å²) in [5.74, 6) is 0. The molecule has 0 aliphatic carbocycles. The van der Waals surface area contributed by atoms with Gasteiger partial charge in [0.1, 0.15) is 0 Å². The second-order valence-corrected chi connectivity index (χ2v) is 5.63. The van der Waals surface area contributed by atoms with E-state index < -0.39 is 0 Å². The van der Waals surface area contributed by atoms with E-state index in [1.165, 1.54) is 5.56 Å². The summed E-state index contributed by atoms with van der Waals surface area (Å²) in [6.07, 6.45) is 2.32. The maximum absolute atomic E-state index is 8.73. The summed E-state index contributed by atoms with van der Waals surface area (Å²) >= 11 is 11.9. The molecular weight excluding hydrogens is 285 g/mol. The van der Waals surface area contributed by atoms with Gasteiger partial charge in [-0.25, -0.2) is 0 Å². The second kappa shape index (κ2) is 7.46. The van der Waals surface area contributed by atoms with Crippen molar-refractivity contribution >= 4 is 23.2 Å². The van der Waals surface area contributed by atoms with Crippen molar-refractivity contribution in [3.05, 3.63) is 33.8 Å². The summed E-state index contributed by atoms with van der Waals surface area (Å²) in [5.41, 5.74) is 1.18. The van der Waals surface area contributed by atoms with Gasteiger partial charge in [-0.05, 0) is 30.5 Å². The first-order valence-corrected chi connectivity index (χ1v) is 7.33. The zero-order valence-electron chi connectivity index (χ0n) is 10.8. The van der Waals surface area contributed by atoms with Crippen LogP contribution >= 0.6 is 23.2 Å². The first-order valence-electron chi connectivity index (χ1n) is 6.58. The van der Waals surface area contributed by atoms with Crippen molar-refractivity contribution in [2.45, 2.75) is 25.5 Å². The maximum atomic E-state index is 8.73. The number of nitrogens with zero attached hydrogens (tertiary/aromatic N) is 1. The Labute approximate surface area is 124 Å². The zero-order chi connectivity index (χ0) is 13.7. The van der Waals surface area contributed by atoms with E-state index in [-0.39, 0.29) is 12.7 Å². The Kier molecular flexibility index (Phi) is 5.92. The molecule has 1 fully saturated rings. The summed E-state index contributed by atoms with van der Waals surface area (Å²) in [6, 6.07) is 5.79. The Hall–Kier alpha value is -0.320. The third-order valence-electron chi connectivity index (χ3n) is 3.37. The normalized spacial score (nSPS) is 17.8. The van der Waals surface area contributed by atoms with Crippen molar-refractivity contribution in [3.63, 3.8) is 0 Å². The van der Waals surface area contributed by atoms with E-state index in [4.69, 9.17) is 33.0 Å². The highest BCUT2D eigenvalue weighted by Crippen LogP contribution is 2.24. The molecular formula is C14H19Cl2NO2. The summed E-state index contributed by atoms with van der Waals surface area (Å²) in [6.45, 7) is 3.46. The van der Waals surface area contributed by atoms with Crippen LogP contribution in [0.1, 0.15) is 18.4 Å². The Morgan fingerprint density at radius 2 is 1.95 bits per heavy atom. The van der Waals surface area contributed by atoms with E-state index >= 15 is 0 Å². The second-order valence-electron chi connectivity index (χ2n) is 4.82. The highest BCUT2D eigenvalue weighted by molar-refractivity contribution is 6.42. The summed E-state index contributed by atoms with van der Waals surface area (Å²) in [5, 5.41) is 9.94. The molecule has 0 radical (unpaired) electrons. The van der Waals surface area contributed by atoms with Gasteiger partial charge in [0.2, 0.25) is 0 Å². The fourth-order valence-corrected chi connectivity index (χ4v) is 2.67. The number of benzene rings is 1. The van der Waals surface area contributed by atoms with E-state index in [0.717, 1.165) is 32.5 Å². The molecule has 0 aromatic heterocycles. The predicted molar refractivity (Wildman–Crippen MR) is 77.8 cm³/mol. The van der Waals surface area contributed by atoms with Crippen LogP contribution in [0.2, 0.25) is 10.0 Å². The van der Waals surface area contributed by atoms with Crippen molar-refractivity contribution in [3.8, 4) is 0 Å². The highest BCUT2D eigenvalue weighted by atomic mass is 35.5. The van der Waals surface area contributed by atoms with Crippen LogP contribution < -0.4 is 0 Å². The van der Waals surface area contributed by atoms with Crippen LogP contribution in [-0.2, 0) is 11.3 Å². The average Bonchev–Trinajstić information content (AvgIpc) is 2.42. The van der Waals surface area contributed by atoms with Gasteiger partial charge in [-0.2, -0.15) is 0 Å². The molecule has 1 saturated heterocycles. The van der Waals surface area contributed by atoms with E-state index in [9.17, 15) is 0 Å². The van der Waals surface area contributed by atoms with Gasteiger partial charge in [0, 0.05) is 19.6 Å². The van der Waals surface area contributed by atoms with E-state index in [0.29, 0.717) is 16.7 Å². The molecule has 0 atom stereocenters. The minimum atomic E-state index is 0.101. The van der Waals surface area contributed by atoms with Crippen LogP contribution in [0.3, 0.4) is 0 Å². The number of hydrogen-bond acceptors (Lipinski definition) is 3. The number of ether oxygens (including phenoxy) is 1. The van der Waals surface area contributed by atoms with E-state index in [1.54, 1.807) is 0 Å². The highest BCUT2D eigenvalue weighted by Gasteiger charge is 2.19. The van der Waals surface area contributed by atoms with Gasteiger partial charge in [-0.3, -0.25) is 4.90 Å². The maximum Gasteiger partial charge on any atom is 0.0701 e. The number of likely N-dealkylation sites (tertiary alicyclic amines) is 1. The van der Waals surface area contributed by atoms with Crippen molar-refractivity contribution in [1.82, 2.24) is 4.90 Å². The number of aliphatic hydroxyl groups is 1. The Bertz CT molecular complexity index is 406. The molecule has 1 aliphatic heterocycles. The van der Waals surface area contributed by atoms with E-state index in [1.807, 2.05) is 18.2 Å². The number of hydrogen-bond donors (Lipinski definition) is 1. The van der Waals surface area contributed by atoms with Crippen LogP contribution in [0, 0.1) is 0 Å². The quantitative estimate of drug-likeness (QED) is 0.908. The van der Waals surface area contributed by atoms with Crippen molar-refractivity contribution < 1.29 is 9.84 Å².